The van der Waals surface area contributed by atoms with Crippen molar-refractivity contribution in [2.75, 3.05) is 6.54 Å². The maximum Gasteiger partial charge on any atom is 0.248 e. The van der Waals surface area contributed by atoms with Gasteiger partial charge in [0.25, 0.3) is 0 Å². The largest absolute Gasteiger partial charge is 0.491 e. The highest BCUT2D eigenvalue weighted by Gasteiger charge is 2.23. The number of H-pyrrole nitrogens is 1. The van der Waals surface area contributed by atoms with Crippen LogP contribution in [0.4, 0.5) is 0 Å². The van der Waals surface area contributed by atoms with Gasteiger partial charge in [0.2, 0.25) is 5.56 Å². The number of fused-ring (bicyclic) bond motifs is 1. The molecule has 1 aliphatic carbocycles. The smallest absolute Gasteiger partial charge is 0.248 e. The minimum atomic E-state index is -0.109. The highest BCUT2D eigenvalue weighted by atomic mass is 16.5. The summed E-state index contributed by atoms with van der Waals surface area (Å²) in [5.74, 6) is 1.11. The van der Waals surface area contributed by atoms with Crippen LogP contribution in [-0.4, -0.2) is 17.6 Å². The molecule has 0 bridgehead atoms. The topological polar surface area (TPSA) is 54.1 Å². The van der Waals surface area contributed by atoms with Crippen LogP contribution < -0.4 is 21.4 Å². The third-order valence-electron chi connectivity index (χ3n) is 7.97. The number of ether oxygens (including phenoxy) is 1. The standard InChI is InChI=1S/C33H42N2O2/c1-6-25-16-28-18-30(19-29(28)17-26(25)7-2)34-20-27(8-3)22(4)31-14-15-32(36)35-33(31)23(5)37-21-24-12-10-9-11-13-24/h9-17,27,30,34H,6-8,18-21H2,1-5H3,(H,35,36). The van der Waals surface area contributed by atoms with Crippen molar-refractivity contribution in [3.8, 4) is 0 Å². The molecule has 0 fully saturated rings. The summed E-state index contributed by atoms with van der Waals surface area (Å²) in [4.78, 5) is 15.3. The van der Waals surface area contributed by atoms with Crippen molar-refractivity contribution in [2.24, 2.45) is 5.92 Å². The number of hydrogen-bond donors (Lipinski definition) is 2. The lowest BCUT2D eigenvalue weighted by atomic mass is 9.95. The van der Waals surface area contributed by atoms with E-state index in [0.717, 1.165) is 60.5 Å². The lowest BCUT2D eigenvalue weighted by molar-refractivity contribution is 0.256. The molecule has 0 spiro atoms. The molecule has 4 heteroatoms. The average molecular weight is 499 g/mol. The molecule has 1 atom stereocenters. The molecule has 2 aromatic carbocycles. The first-order valence-electron chi connectivity index (χ1n) is 13.9. The Bertz CT molecular complexity index is 1360. The predicted molar refractivity (Wildman–Crippen MR) is 154 cm³/mol. The Kier molecular flexibility index (Phi) is 9.04. The molecule has 0 amide bonds. The van der Waals surface area contributed by atoms with E-state index in [4.69, 9.17) is 4.74 Å². The molecule has 1 aliphatic rings. The van der Waals surface area contributed by atoms with Gasteiger partial charge in [-0.25, -0.2) is 0 Å². The molecule has 0 saturated carbocycles. The maximum atomic E-state index is 12.2. The second-order valence-electron chi connectivity index (χ2n) is 10.3. The molecule has 37 heavy (non-hydrogen) atoms. The van der Waals surface area contributed by atoms with E-state index in [1.807, 2.05) is 43.3 Å². The van der Waals surface area contributed by atoms with Crippen molar-refractivity contribution in [1.29, 1.82) is 0 Å². The Morgan fingerprint density at radius 3 is 2.22 bits per heavy atom. The highest BCUT2D eigenvalue weighted by molar-refractivity contribution is 5.47. The van der Waals surface area contributed by atoms with Gasteiger partial charge in [-0.2, -0.15) is 0 Å². The van der Waals surface area contributed by atoms with E-state index in [0.29, 0.717) is 18.6 Å². The summed E-state index contributed by atoms with van der Waals surface area (Å²) < 4.78 is 6.11. The molecule has 4 nitrogen and oxygen atoms in total. The van der Waals surface area contributed by atoms with Gasteiger partial charge in [0.05, 0.1) is 5.35 Å². The van der Waals surface area contributed by atoms with Crippen LogP contribution in [0.3, 0.4) is 0 Å². The van der Waals surface area contributed by atoms with Crippen molar-refractivity contribution in [3.63, 3.8) is 0 Å². The van der Waals surface area contributed by atoms with E-state index in [9.17, 15) is 4.79 Å². The van der Waals surface area contributed by atoms with E-state index >= 15 is 0 Å². The van der Waals surface area contributed by atoms with E-state index in [1.54, 1.807) is 6.07 Å². The molecular weight excluding hydrogens is 456 g/mol. The minimum Gasteiger partial charge on any atom is -0.491 e. The second-order valence-corrected chi connectivity index (χ2v) is 10.3. The number of aromatic nitrogens is 1. The first-order valence-corrected chi connectivity index (χ1v) is 13.9. The average Bonchev–Trinajstić information content (AvgIpc) is 3.33. The summed E-state index contributed by atoms with van der Waals surface area (Å²) >= 11 is 0. The van der Waals surface area contributed by atoms with Gasteiger partial charge in [-0.05, 0) is 85.8 Å². The zero-order valence-electron chi connectivity index (χ0n) is 23.1. The van der Waals surface area contributed by atoms with Gasteiger partial charge >= 0.3 is 0 Å². The van der Waals surface area contributed by atoms with Crippen molar-refractivity contribution < 1.29 is 4.74 Å². The lowest BCUT2D eigenvalue weighted by Crippen LogP contribution is -2.40. The fraction of sp³-hybridized carbons (Fsp3) is 0.424. The quantitative estimate of drug-likeness (QED) is 0.422. The van der Waals surface area contributed by atoms with Gasteiger partial charge in [-0.1, -0.05) is 68.8 Å². The molecule has 0 radical (unpaired) electrons. The fourth-order valence-electron chi connectivity index (χ4n) is 5.63. The van der Waals surface area contributed by atoms with Gasteiger partial charge in [0, 0.05) is 23.9 Å². The third kappa shape index (κ3) is 6.42. The summed E-state index contributed by atoms with van der Waals surface area (Å²) in [5.41, 5.74) is 8.32. The van der Waals surface area contributed by atoms with Crippen LogP contribution >= 0.6 is 0 Å². The summed E-state index contributed by atoms with van der Waals surface area (Å²) in [7, 11) is 0. The number of benzene rings is 2. The zero-order chi connectivity index (χ0) is 26.4. The van der Waals surface area contributed by atoms with Gasteiger partial charge in [0.15, 0.2) is 0 Å². The van der Waals surface area contributed by atoms with E-state index in [-0.39, 0.29) is 5.56 Å². The molecule has 0 saturated heterocycles. The van der Waals surface area contributed by atoms with Gasteiger partial charge in [0.1, 0.15) is 12.4 Å². The Labute approximate surface area is 221 Å². The molecule has 1 aromatic heterocycles. The predicted octanol–water partition coefficient (Wildman–Crippen LogP) is 4.80. The van der Waals surface area contributed by atoms with Crippen molar-refractivity contribution in [3.05, 3.63) is 103 Å². The molecule has 0 aliphatic heterocycles. The molecular formula is C33H42N2O2. The summed E-state index contributed by atoms with van der Waals surface area (Å²) in [6.45, 7) is 12.3. The van der Waals surface area contributed by atoms with Crippen LogP contribution in [0.1, 0.15) is 68.9 Å². The van der Waals surface area contributed by atoms with Crippen LogP contribution in [-0.2, 0) is 37.0 Å². The number of pyridine rings is 1. The molecule has 3 aromatic rings. The summed E-state index contributed by atoms with van der Waals surface area (Å²) in [6.07, 6.45) is 5.44. The van der Waals surface area contributed by atoms with Crippen LogP contribution in [0.15, 0.2) is 59.4 Å². The molecule has 1 unspecified atom stereocenters. The lowest BCUT2D eigenvalue weighted by Gasteiger charge is -2.20. The number of hydrogen-bond acceptors (Lipinski definition) is 3. The Morgan fingerprint density at radius 2 is 1.62 bits per heavy atom. The minimum absolute atomic E-state index is 0.109. The van der Waals surface area contributed by atoms with Gasteiger partial charge in [-0.15, -0.1) is 0 Å². The van der Waals surface area contributed by atoms with Gasteiger partial charge < -0.3 is 15.0 Å². The van der Waals surface area contributed by atoms with Crippen molar-refractivity contribution in [1.82, 2.24) is 10.3 Å². The number of nitrogens with one attached hydrogen (secondary N) is 2. The van der Waals surface area contributed by atoms with E-state index in [1.165, 1.54) is 27.8 Å². The first kappa shape index (κ1) is 26.9. The SMILES string of the molecule is CCc1cc2c(cc1CC)CC(NCC(CC)C(C)=c1ccc(=O)[nH]c1=C(C)OCc1ccccc1)C2. The van der Waals surface area contributed by atoms with Crippen LogP contribution in [0, 0.1) is 5.92 Å². The molecule has 1 heterocycles. The third-order valence-corrected chi connectivity index (χ3v) is 7.97. The number of rotatable bonds is 10. The molecule has 4 rings (SSSR count). The second kappa shape index (κ2) is 12.4. The van der Waals surface area contributed by atoms with Crippen molar-refractivity contribution in [2.45, 2.75) is 79.4 Å². The zero-order valence-corrected chi connectivity index (χ0v) is 23.1. The molecule has 2 N–H and O–H groups in total. The Morgan fingerprint density at radius 1 is 0.973 bits per heavy atom. The molecule has 196 valence electrons. The van der Waals surface area contributed by atoms with Crippen molar-refractivity contribution >= 4 is 11.3 Å². The Hall–Kier alpha value is -3.11. The monoisotopic (exact) mass is 498 g/mol. The van der Waals surface area contributed by atoms with Crippen LogP contribution in [0.2, 0.25) is 0 Å². The van der Waals surface area contributed by atoms with E-state index < -0.39 is 0 Å². The maximum absolute atomic E-state index is 12.2. The summed E-state index contributed by atoms with van der Waals surface area (Å²) in [6, 6.07) is 19.1. The summed E-state index contributed by atoms with van der Waals surface area (Å²) in [5, 5.41) is 5.73. The number of aryl methyl sites for hydroxylation is 2. The van der Waals surface area contributed by atoms with E-state index in [2.05, 4.69) is 50.1 Å². The fourth-order valence-corrected chi connectivity index (χ4v) is 5.63. The van der Waals surface area contributed by atoms with Crippen LogP contribution in [0.25, 0.3) is 11.3 Å². The normalized spacial score (nSPS) is 15.8. The van der Waals surface area contributed by atoms with Gasteiger partial charge in [-0.3, -0.25) is 4.79 Å². The van der Waals surface area contributed by atoms with Crippen LogP contribution in [0.5, 0.6) is 0 Å². The Balaban J connectivity index is 1.53. The number of aromatic amines is 1. The highest BCUT2D eigenvalue weighted by Crippen LogP contribution is 2.27. The first-order chi connectivity index (χ1) is 17.9.